The average molecular weight is 238 g/mol. The van der Waals surface area contributed by atoms with E-state index in [9.17, 15) is 5.11 Å². The molecule has 0 saturated carbocycles. The predicted octanol–water partition coefficient (Wildman–Crippen LogP) is 3.71. The summed E-state index contributed by atoms with van der Waals surface area (Å²) in [5.41, 5.74) is 1.88. The van der Waals surface area contributed by atoms with Crippen LogP contribution in [0.3, 0.4) is 0 Å². The van der Waals surface area contributed by atoms with E-state index in [-0.39, 0.29) is 0 Å². The maximum Gasteiger partial charge on any atom is 0.160 e. The van der Waals surface area contributed by atoms with E-state index in [2.05, 4.69) is 39.7 Å². The third-order valence-corrected chi connectivity index (χ3v) is 3.15. The zero-order chi connectivity index (χ0) is 13.0. The van der Waals surface area contributed by atoms with Crippen molar-refractivity contribution in [1.82, 2.24) is 9.78 Å². The molecule has 1 heterocycles. The second kappa shape index (κ2) is 6.08. The molecule has 0 saturated heterocycles. The van der Waals surface area contributed by atoms with Crippen LogP contribution in [0.2, 0.25) is 0 Å². The van der Waals surface area contributed by atoms with Gasteiger partial charge in [-0.2, -0.15) is 5.10 Å². The van der Waals surface area contributed by atoms with Crippen molar-refractivity contribution in [2.75, 3.05) is 0 Å². The predicted molar refractivity (Wildman–Crippen MR) is 71.4 cm³/mol. The van der Waals surface area contributed by atoms with Crippen molar-refractivity contribution in [2.45, 2.75) is 66.3 Å². The fourth-order valence-electron chi connectivity index (χ4n) is 2.03. The highest BCUT2D eigenvalue weighted by Gasteiger charge is 2.19. The van der Waals surface area contributed by atoms with Crippen molar-refractivity contribution in [3.05, 3.63) is 11.4 Å². The zero-order valence-electron chi connectivity index (χ0n) is 11.8. The molecule has 1 aromatic heterocycles. The first-order valence-corrected chi connectivity index (χ1v) is 6.80. The molecular formula is C14H26N2O. The van der Waals surface area contributed by atoms with Gasteiger partial charge in [-0.1, -0.05) is 34.1 Å². The smallest absolute Gasteiger partial charge is 0.160 e. The van der Waals surface area contributed by atoms with Crippen LogP contribution in [0.5, 0.6) is 5.75 Å². The number of hydrogen-bond acceptors (Lipinski definition) is 2. The summed E-state index contributed by atoms with van der Waals surface area (Å²) in [6.07, 6.45) is 3.82. The third kappa shape index (κ3) is 3.24. The highest BCUT2D eigenvalue weighted by Crippen LogP contribution is 2.29. The lowest BCUT2D eigenvalue weighted by Crippen LogP contribution is -2.11. The largest absolute Gasteiger partial charge is 0.504 e. The lowest BCUT2D eigenvalue weighted by molar-refractivity contribution is 0.424. The monoisotopic (exact) mass is 238 g/mol. The van der Waals surface area contributed by atoms with Gasteiger partial charge in [0.2, 0.25) is 0 Å². The van der Waals surface area contributed by atoms with Crippen LogP contribution in [0.4, 0.5) is 0 Å². The van der Waals surface area contributed by atoms with Crippen molar-refractivity contribution in [3.63, 3.8) is 0 Å². The summed E-state index contributed by atoms with van der Waals surface area (Å²) in [6.45, 7) is 10.8. The minimum atomic E-state index is 0.361. The van der Waals surface area contributed by atoms with Gasteiger partial charge < -0.3 is 5.11 Å². The third-order valence-electron chi connectivity index (χ3n) is 3.15. The maximum absolute atomic E-state index is 10.3. The molecule has 1 unspecified atom stereocenters. The Labute approximate surface area is 105 Å². The average Bonchev–Trinajstić information content (AvgIpc) is 2.57. The Morgan fingerprint density at radius 2 is 1.88 bits per heavy atom. The van der Waals surface area contributed by atoms with E-state index in [0.717, 1.165) is 37.1 Å². The minimum absolute atomic E-state index is 0.361. The van der Waals surface area contributed by atoms with Crippen LogP contribution in [0.25, 0.3) is 0 Å². The SMILES string of the molecule is CCCc1nn(C(C)CC)c(CC(C)C)c1O. The van der Waals surface area contributed by atoms with Gasteiger partial charge in [0.1, 0.15) is 5.69 Å². The molecule has 3 nitrogen and oxygen atoms in total. The lowest BCUT2D eigenvalue weighted by atomic mass is 10.1. The molecule has 1 rings (SSSR count). The Hall–Kier alpha value is -0.990. The number of aromatic hydroxyl groups is 1. The molecule has 3 heteroatoms. The van der Waals surface area contributed by atoms with Crippen LogP contribution < -0.4 is 0 Å². The normalized spacial score (nSPS) is 13.3. The molecule has 1 N–H and O–H groups in total. The van der Waals surface area contributed by atoms with E-state index in [0.29, 0.717) is 17.7 Å². The fraction of sp³-hybridized carbons (Fsp3) is 0.786. The lowest BCUT2D eigenvalue weighted by Gasteiger charge is -2.14. The fourth-order valence-corrected chi connectivity index (χ4v) is 2.03. The Bertz CT molecular complexity index is 355. The van der Waals surface area contributed by atoms with Crippen molar-refractivity contribution >= 4 is 0 Å². The number of hydrogen-bond donors (Lipinski definition) is 1. The van der Waals surface area contributed by atoms with Gasteiger partial charge in [0.15, 0.2) is 5.75 Å². The zero-order valence-corrected chi connectivity index (χ0v) is 11.8. The van der Waals surface area contributed by atoms with Crippen LogP contribution in [-0.2, 0) is 12.8 Å². The number of nitrogens with zero attached hydrogens (tertiary/aromatic N) is 2. The van der Waals surface area contributed by atoms with Crippen LogP contribution >= 0.6 is 0 Å². The standard InChI is InChI=1S/C14H26N2O/c1-6-8-12-14(17)13(9-10(3)4)16(15-12)11(5)7-2/h10-11,17H,6-9H2,1-5H3. The number of rotatable bonds is 6. The quantitative estimate of drug-likeness (QED) is 0.820. The van der Waals surface area contributed by atoms with Gasteiger partial charge in [0.25, 0.3) is 0 Å². The summed E-state index contributed by atoms with van der Waals surface area (Å²) in [6, 6.07) is 0.361. The van der Waals surface area contributed by atoms with E-state index in [1.807, 2.05) is 4.68 Å². The Morgan fingerprint density at radius 1 is 1.24 bits per heavy atom. The Balaban J connectivity index is 3.11. The summed E-state index contributed by atoms with van der Waals surface area (Å²) in [5.74, 6) is 0.968. The van der Waals surface area contributed by atoms with E-state index in [4.69, 9.17) is 0 Å². The number of aromatic nitrogens is 2. The molecule has 98 valence electrons. The summed E-state index contributed by atoms with van der Waals surface area (Å²) < 4.78 is 2.03. The molecule has 0 amide bonds. The van der Waals surface area contributed by atoms with Crippen LogP contribution in [0.15, 0.2) is 0 Å². The number of aryl methyl sites for hydroxylation is 1. The highest BCUT2D eigenvalue weighted by atomic mass is 16.3. The second-order valence-electron chi connectivity index (χ2n) is 5.29. The van der Waals surface area contributed by atoms with Gasteiger partial charge in [0, 0.05) is 6.04 Å². The van der Waals surface area contributed by atoms with Gasteiger partial charge in [-0.05, 0) is 32.1 Å². The van der Waals surface area contributed by atoms with Crippen molar-refractivity contribution in [2.24, 2.45) is 5.92 Å². The first-order valence-electron chi connectivity index (χ1n) is 6.80. The molecular weight excluding hydrogens is 212 g/mol. The van der Waals surface area contributed by atoms with Gasteiger partial charge >= 0.3 is 0 Å². The van der Waals surface area contributed by atoms with Crippen molar-refractivity contribution in [3.8, 4) is 5.75 Å². The molecule has 0 aliphatic heterocycles. The van der Waals surface area contributed by atoms with E-state index in [1.54, 1.807) is 0 Å². The molecule has 0 aromatic carbocycles. The molecule has 1 aromatic rings. The van der Waals surface area contributed by atoms with Gasteiger partial charge in [-0.15, -0.1) is 0 Å². The van der Waals surface area contributed by atoms with Crippen LogP contribution in [0.1, 0.15) is 64.9 Å². The van der Waals surface area contributed by atoms with Crippen molar-refractivity contribution in [1.29, 1.82) is 0 Å². The molecule has 0 radical (unpaired) electrons. The summed E-state index contributed by atoms with van der Waals surface area (Å²) in [4.78, 5) is 0. The van der Waals surface area contributed by atoms with E-state index >= 15 is 0 Å². The first kappa shape index (κ1) is 14.1. The first-order chi connectivity index (χ1) is 8.01. The van der Waals surface area contributed by atoms with Crippen LogP contribution in [0, 0.1) is 5.92 Å². The summed E-state index contributed by atoms with van der Waals surface area (Å²) in [7, 11) is 0. The molecule has 0 spiro atoms. The van der Waals surface area contributed by atoms with Gasteiger partial charge in [-0.25, -0.2) is 0 Å². The molecule has 0 bridgehead atoms. The maximum atomic E-state index is 10.3. The summed E-state index contributed by atoms with van der Waals surface area (Å²) >= 11 is 0. The van der Waals surface area contributed by atoms with E-state index < -0.39 is 0 Å². The second-order valence-corrected chi connectivity index (χ2v) is 5.29. The van der Waals surface area contributed by atoms with Crippen molar-refractivity contribution < 1.29 is 5.11 Å². The van der Waals surface area contributed by atoms with E-state index in [1.165, 1.54) is 0 Å². The molecule has 1 atom stereocenters. The molecule has 0 aliphatic carbocycles. The van der Waals surface area contributed by atoms with Gasteiger partial charge in [0.05, 0.1) is 5.69 Å². The Kier molecular flexibility index (Phi) is 5.03. The van der Waals surface area contributed by atoms with Gasteiger partial charge in [-0.3, -0.25) is 4.68 Å². The van der Waals surface area contributed by atoms with Crippen LogP contribution in [-0.4, -0.2) is 14.9 Å². The minimum Gasteiger partial charge on any atom is -0.504 e. The molecule has 17 heavy (non-hydrogen) atoms. The molecule has 0 aliphatic rings. The highest BCUT2D eigenvalue weighted by molar-refractivity contribution is 5.33. The Morgan fingerprint density at radius 3 is 2.35 bits per heavy atom. The summed E-state index contributed by atoms with van der Waals surface area (Å²) in [5, 5.41) is 14.8. The molecule has 0 fully saturated rings. The topological polar surface area (TPSA) is 38.0 Å².